The van der Waals surface area contributed by atoms with Crippen LogP contribution < -0.4 is 10.6 Å². The van der Waals surface area contributed by atoms with Gasteiger partial charge in [-0.05, 0) is 61.1 Å². The first-order chi connectivity index (χ1) is 16.2. The summed E-state index contributed by atoms with van der Waals surface area (Å²) in [5.74, 6) is -0.175. The molecule has 0 bridgehead atoms. The zero-order valence-electron chi connectivity index (χ0n) is 19.8. The van der Waals surface area contributed by atoms with Crippen LogP contribution in [0.25, 0.3) is 0 Å². The lowest BCUT2D eigenvalue weighted by molar-refractivity contribution is -0.120. The third kappa shape index (κ3) is 8.21. The molecule has 6 nitrogen and oxygen atoms in total. The number of aliphatic hydroxyl groups is 1. The molecule has 0 saturated carbocycles. The van der Waals surface area contributed by atoms with Gasteiger partial charge >= 0.3 is 0 Å². The fourth-order valence-electron chi connectivity index (χ4n) is 3.96. The molecule has 0 spiro atoms. The summed E-state index contributed by atoms with van der Waals surface area (Å²) in [4.78, 5) is 12.4. The lowest BCUT2D eigenvalue weighted by Crippen LogP contribution is -2.43. The maximum absolute atomic E-state index is 12.4. The number of amides is 1. The van der Waals surface area contributed by atoms with Crippen LogP contribution in [0.2, 0.25) is 0 Å². The molecule has 34 heavy (non-hydrogen) atoms. The number of phenols is 2. The van der Waals surface area contributed by atoms with Crippen LogP contribution >= 0.6 is 0 Å². The van der Waals surface area contributed by atoms with Crippen LogP contribution in [0.4, 0.5) is 0 Å². The monoisotopic (exact) mass is 462 g/mol. The summed E-state index contributed by atoms with van der Waals surface area (Å²) in [5, 5.41) is 36.1. The van der Waals surface area contributed by atoms with Crippen LogP contribution in [-0.4, -0.2) is 39.9 Å². The van der Waals surface area contributed by atoms with E-state index in [-0.39, 0.29) is 29.5 Å². The molecule has 180 valence electrons. The Morgan fingerprint density at radius 2 is 1.53 bits per heavy atom. The average Bonchev–Trinajstić information content (AvgIpc) is 2.77. The molecule has 3 rings (SSSR count). The number of carbonyl (C=O) groups is 1. The van der Waals surface area contributed by atoms with E-state index in [0.717, 1.165) is 17.5 Å². The number of nitrogens with one attached hydrogen (secondary N) is 2. The van der Waals surface area contributed by atoms with E-state index in [2.05, 4.69) is 22.8 Å². The Bertz CT molecular complexity index is 1060. The standard InChI is InChI=1S/C28H34N2O4/c1-28(2,30-19-26(33)23-15-24(31)17-25(32)16-23)18-22-10-6-9-21(13-22)14-27(34)29-12-11-20-7-4-3-5-8-20/h3-10,13,15-17,26,30-33H,11-12,14,18-19H2,1-2H3,(H,29,34). The van der Waals surface area contributed by atoms with E-state index in [1.54, 1.807) is 0 Å². The molecule has 5 N–H and O–H groups in total. The van der Waals surface area contributed by atoms with Crippen molar-refractivity contribution >= 4 is 5.91 Å². The van der Waals surface area contributed by atoms with Gasteiger partial charge in [-0.2, -0.15) is 0 Å². The Morgan fingerprint density at radius 3 is 2.24 bits per heavy atom. The fraction of sp³-hybridized carbons (Fsp3) is 0.321. The molecular weight excluding hydrogens is 428 g/mol. The number of β-amino-alcohol motifs (C(OH)–C–C–N with tert-alkyl or cyclic N) is 1. The molecule has 0 aromatic heterocycles. The van der Waals surface area contributed by atoms with Gasteiger partial charge in [0, 0.05) is 24.7 Å². The third-order valence-corrected chi connectivity index (χ3v) is 5.66. The first-order valence-corrected chi connectivity index (χ1v) is 11.5. The van der Waals surface area contributed by atoms with Gasteiger partial charge in [0.15, 0.2) is 0 Å². The molecule has 6 heteroatoms. The Kier molecular flexibility index (Phi) is 8.68. The second-order valence-electron chi connectivity index (χ2n) is 9.32. The van der Waals surface area contributed by atoms with Crippen molar-refractivity contribution in [2.75, 3.05) is 13.1 Å². The number of hydrogen-bond donors (Lipinski definition) is 5. The van der Waals surface area contributed by atoms with E-state index in [1.807, 2.05) is 56.3 Å². The van der Waals surface area contributed by atoms with Gasteiger partial charge in [0.1, 0.15) is 11.5 Å². The molecule has 0 aliphatic carbocycles. The molecule has 3 aromatic rings. The highest BCUT2D eigenvalue weighted by Crippen LogP contribution is 2.25. The molecule has 1 unspecified atom stereocenters. The summed E-state index contributed by atoms with van der Waals surface area (Å²) < 4.78 is 0. The summed E-state index contributed by atoms with van der Waals surface area (Å²) in [7, 11) is 0. The molecule has 1 amide bonds. The van der Waals surface area contributed by atoms with Crippen LogP contribution in [0, 0.1) is 0 Å². The molecule has 0 aliphatic rings. The van der Waals surface area contributed by atoms with E-state index < -0.39 is 6.10 Å². The largest absolute Gasteiger partial charge is 0.508 e. The molecule has 3 aromatic carbocycles. The summed E-state index contributed by atoms with van der Waals surface area (Å²) in [6.45, 7) is 4.96. The van der Waals surface area contributed by atoms with E-state index in [0.29, 0.717) is 24.9 Å². The van der Waals surface area contributed by atoms with E-state index in [9.17, 15) is 20.1 Å². The van der Waals surface area contributed by atoms with Gasteiger partial charge in [-0.15, -0.1) is 0 Å². The number of aromatic hydroxyl groups is 2. The highest BCUT2D eigenvalue weighted by atomic mass is 16.3. The third-order valence-electron chi connectivity index (χ3n) is 5.66. The van der Waals surface area contributed by atoms with Crippen molar-refractivity contribution < 1.29 is 20.1 Å². The first-order valence-electron chi connectivity index (χ1n) is 11.5. The Morgan fingerprint density at radius 1 is 0.882 bits per heavy atom. The van der Waals surface area contributed by atoms with Crippen molar-refractivity contribution in [1.82, 2.24) is 10.6 Å². The van der Waals surface area contributed by atoms with Crippen LogP contribution in [0.5, 0.6) is 11.5 Å². The van der Waals surface area contributed by atoms with E-state index in [4.69, 9.17) is 0 Å². The minimum absolute atomic E-state index is 0.00274. The number of aliphatic hydroxyl groups excluding tert-OH is 1. The van der Waals surface area contributed by atoms with Crippen molar-refractivity contribution in [3.05, 3.63) is 95.1 Å². The smallest absolute Gasteiger partial charge is 0.224 e. The first kappa shape index (κ1) is 25.3. The normalized spacial score (nSPS) is 12.3. The van der Waals surface area contributed by atoms with Crippen molar-refractivity contribution in [1.29, 1.82) is 0 Å². The number of rotatable bonds is 11. The molecule has 0 saturated heterocycles. The Labute approximate surface area is 201 Å². The predicted molar refractivity (Wildman–Crippen MR) is 134 cm³/mol. The Balaban J connectivity index is 1.49. The highest BCUT2D eigenvalue weighted by Gasteiger charge is 2.20. The van der Waals surface area contributed by atoms with Gasteiger partial charge in [-0.1, -0.05) is 54.6 Å². The lowest BCUT2D eigenvalue weighted by atomic mass is 9.93. The van der Waals surface area contributed by atoms with Crippen molar-refractivity contribution in [3.63, 3.8) is 0 Å². The number of benzene rings is 3. The summed E-state index contributed by atoms with van der Waals surface area (Å²) in [5.41, 5.74) is 3.38. The molecule has 0 fully saturated rings. The lowest BCUT2D eigenvalue weighted by Gasteiger charge is -2.28. The van der Waals surface area contributed by atoms with Gasteiger partial charge in [-0.3, -0.25) is 4.79 Å². The van der Waals surface area contributed by atoms with E-state index >= 15 is 0 Å². The minimum atomic E-state index is -0.872. The second-order valence-corrected chi connectivity index (χ2v) is 9.32. The van der Waals surface area contributed by atoms with Crippen LogP contribution in [0.3, 0.4) is 0 Å². The van der Waals surface area contributed by atoms with Crippen molar-refractivity contribution in [2.45, 2.75) is 44.8 Å². The van der Waals surface area contributed by atoms with E-state index in [1.165, 1.54) is 23.8 Å². The van der Waals surface area contributed by atoms with Crippen molar-refractivity contribution in [3.8, 4) is 11.5 Å². The van der Waals surface area contributed by atoms with Crippen LogP contribution in [0.15, 0.2) is 72.8 Å². The van der Waals surface area contributed by atoms with Crippen LogP contribution in [-0.2, 0) is 24.1 Å². The number of phenolic OH excluding ortho intramolecular Hbond substituents is 2. The fourth-order valence-corrected chi connectivity index (χ4v) is 3.96. The highest BCUT2D eigenvalue weighted by molar-refractivity contribution is 5.78. The molecular formula is C28H34N2O4. The van der Waals surface area contributed by atoms with Gasteiger partial charge in [0.2, 0.25) is 5.91 Å². The maximum atomic E-state index is 12.4. The van der Waals surface area contributed by atoms with Crippen LogP contribution in [0.1, 0.15) is 42.2 Å². The van der Waals surface area contributed by atoms with Gasteiger partial charge in [0.25, 0.3) is 0 Å². The Hall–Kier alpha value is -3.35. The van der Waals surface area contributed by atoms with Gasteiger partial charge in [-0.25, -0.2) is 0 Å². The molecule has 1 atom stereocenters. The molecule has 0 radical (unpaired) electrons. The van der Waals surface area contributed by atoms with Crippen molar-refractivity contribution in [2.24, 2.45) is 0 Å². The second kappa shape index (κ2) is 11.7. The maximum Gasteiger partial charge on any atom is 0.224 e. The van der Waals surface area contributed by atoms with Gasteiger partial charge < -0.3 is 26.0 Å². The summed E-state index contributed by atoms with van der Waals surface area (Å²) in [6, 6.07) is 22.2. The average molecular weight is 463 g/mol. The number of hydrogen-bond acceptors (Lipinski definition) is 5. The summed E-state index contributed by atoms with van der Waals surface area (Å²) >= 11 is 0. The quantitative estimate of drug-likeness (QED) is 0.299. The summed E-state index contributed by atoms with van der Waals surface area (Å²) in [6.07, 6.45) is 0.966. The number of carbonyl (C=O) groups excluding carboxylic acids is 1. The SMILES string of the molecule is CC(C)(Cc1cccc(CC(=O)NCCc2ccccc2)c1)NCC(O)c1cc(O)cc(O)c1. The zero-order valence-corrected chi connectivity index (χ0v) is 19.8. The minimum Gasteiger partial charge on any atom is -0.508 e. The topological polar surface area (TPSA) is 102 Å². The zero-order chi connectivity index (χ0) is 24.6. The van der Waals surface area contributed by atoms with Gasteiger partial charge in [0.05, 0.1) is 12.5 Å². The molecule has 0 aliphatic heterocycles. The predicted octanol–water partition coefficient (Wildman–Crippen LogP) is 3.64. The molecule has 0 heterocycles.